The number of hydrogen-bond donors (Lipinski definition) is 1. The van der Waals surface area contributed by atoms with E-state index in [4.69, 9.17) is 9.73 Å². The summed E-state index contributed by atoms with van der Waals surface area (Å²) in [6, 6.07) is 30.3. The van der Waals surface area contributed by atoms with Crippen LogP contribution in [-0.2, 0) is 25.7 Å². The third kappa shape index (κ3) is 7.44. The van der Waals surface area contributed by atoms with E-state index in [1.165, 1.54) is 11.8 Å². The molecule has 3 aromatic carbocycles. The quantitative estimate of drug-likeness (QED) is 0.225. The third-order valence-corrected chi connectivity index (χ3v) is 10.7. The van der Waals surface area contributed by atoms with E-state index in [0.717, 1.165) is 47.7 Å². The van der Waals surface area contributed by atoms with Crippen molar-refractivity contribution in [2.75, 3.05) is 43.1 Å². The number of nitrogens with zero attached hydrogens (tertiary/aromatic N) is 5. The molecule has 50 heavy (non-hydrogen) atoms. The average molecular weight is 689 g/mol. The van der Waals surface area contributed by atoms with Crippen LogP contribution in [0.4, 0.5) is 17.1 Å². The van der Waals surface area contributed by atoms with Crippen LogP contribution in [0.2, 0.25) is 0 Å². The van der Waals surface area contributed by atoms with Crippen molar-refractivity contribution in [1.82, 2.24) is 14.8 Å². The van der Waals surface area contributed by atoms with Crippen LogP contribution >= 0.6 is 11.8 Å². The molecular weight excluding hydrogens is 649 g/mol. The maximum Gasteiger partial charge on any atom is 0.247 e. The number of rotatable bonds is 9. The van der Waals surface area contributed by atoms with E-state index in [1.807, 2.05) is 91.9 Å². The van der Waals surface area contributed by atoms with E-state index in [2.05, 4.69) is 27.3 Å². The minimum absolute atomic E-state index is 0.0401. The number of aromatic nitrogens is 1. The molecule has 0 spiro atoms. The van der Waals surface area contributed by atoms with Crippen molar-refractivity contribution < 1.29 is 19.1 Å². The Morgan fingerprint density at radius 2 is 1.68 bits per heavy atom. The summed E-state index contributed by atoms with van der Waals surface area (Å²) in [6.07, 6.45) is 3.12. The van der Waals surface area contributed by atoms with Crippen LogP contribution in [0.5, 0.6) is 0 Å². The molecule has 3 aliphatic rings. The summed E-state index contributed by atoms with van der Waals surface area (Å²) in [5, 5.41) is 3.12. The smallest absolute Gasteiger partial charge is 0.247 e. The van der Waals surface area contributed by atoms with Gasteiger partial charge in [-0.3, -0.25) is 24.3 Å². The number of carbonyl (C=O) groups is 3. The SMILES string of the molecule is C[C@@H](C(=O)N1CCC[C@@H]1C(=O)Nc1ccc(C2SC(=Nc3ccc(N4CCOCC4)cc3)N(Cc3ccccn3)C2=O)cc1)c1ccccc1. The lowest BCUT2D eigenvalue weighted by atomic mass is 9.99. The van der Waals surface area contributed by atoms with E-state index < -0.39 is 11.3 Å². The molecule has 7 rings (SSSR count). The van der Waals surface area contributed by atoms with Gasteiger partial charge in [-0.2, -0.15) is 0 Å². The molecule has 3 aliphatic heterocycles. The first kappa shape index (κ1) is 33.5. The standard InChI is InChI=1S/C39H40N6O4S/c1-27(28-8-3-2-4-9-28)37(47)44-21-7-11-34(44)36(46)41-30-14-12-29(13-15-30)35-38(48)45(26-32-10-5-6-20-40-32)39(50-35)42-31-16-18-33(19-17-31)43-22-24-49-25-23-43/h2-6,8-10,12-20,27,34-35H,7,11,21-26H2,1H3,(H,41,46)/t27-,34-,35?/m1/s1. The van der Waals surface area contributed by atoms with Crippen LogP contribution in [-0.4, -0.2) is 76.6 Å². The lowest BCUT2D eigenvalue weighted by Gasteiger charge is -2.28. The highest BCUT2D eigenvalue weighted by atomic mass is 32.2. The molecule has 3 saturated heterocycles. The number of hydrogen-bond acceptors (Lipinski definition) is 8. The first-order valence-corrected chi connectivity index (χ1v) is 18.0. The molecule has 0 bridgehead atoms. The van der Waals surface area contributed by atoms with Gasteiger partial charge in [0.15, 0.2) is 5.17 Å². The molecular formula is C39H40N6O4S. The molecule has 256 valence electrons. The second-order valence-electron chi connectivity index (χ2n) is 12.7. The van der Waals surface area contributed by atoms with Crippen LogP contribution < -0.4 is 10.2 Å². The average Bonchev–Trinajstić information content (AvgIpc) is 3.78. The van der Waals surface area contributed by atoms with Gasteiger partial charge in [0.1, 0.15) is 11.3 Å². The molecule has 10 nitrogen and oxygen atoms in total. The Bertz CT molecular complexity index is 1830. The van der Waals surface area contributed by atoms with Gasteiger partial charge >= 0.3 is 0 Å². The summed E-state index contributed by atoms with van der Waals surface area (Å²) in [7, 11) is 0. The number of amides is 3. The van der Waals surface area contributed by atoms with Gasteiger partial charge in [0.25, 0.3) is 0 Å². The van der Waals surface area contributed by atoms with Crippen LogP contribution in [0.1, 0.15) is 47.8 Å². The predicted molar refractivity (Wildman–Crippen MR) is 196 cm³/mol. The highest BCUT2D eigenvalue weighted by Crippen LogP contribution is 2.41. The van der Waals surface area contributed by atoms with E-state index in [9.17, 15) is 14.4 Å². The van der Waals surface area contributed by atoms with Crippen molar-refractivity contribution >= 4 is 51.7 Å². The van der Waals surface area contributed by atoms with Gasteiger partial charge in [0, 0.05) is 37.2 Å². The summed E-state index contributed by atoms with van der Waals surface area (Å²) in [4.78, 5) is 55.8. The number of aliphatic imine (C=N–C) groups is 1. The Hall–Kier alpha value is -5.00. The number of anilines is 2. The molecule has 1 aromatic heterocycles. The normalized spacial score (nSPS) is 20.7. The van der Waals surface area contributed by atoms with E-state index >= 15 is 0 Å². The van der Waals surface area contributed by atoms with Gasteiger partial charge in [-0.15, -0.1) is 0 Å². The fraction of sp³-hybridized carbons (Fsp3) is 0.308. The van der Waals surface area contributed by atoms with Crippen LogP contribution in [0, 0.1) is 0 Å². The van der Waals surface area contributed by atoms with Crippen LogP contribution in [0.25, 0.3) is 0 Å². The lowest BCUT2D eigenvalue weighted by Crippen LogP contribution is -2.44. The number of morpholine rings is 1. The summed E-state index contributed by atoms with van der Waals surface area (Å²) >= 11 is 1.41. The Labute approximate surface area is 296 Å². The zero-order valence-corrected chi connectivity index (χ0v) is 28.8. The minimum Gasteiger partial charge on any atom is -0.378 e. The van der Waals surface area contributed by atoms with Crippen molar-refractivity contribution in [1.29, 1.82) is 0 Å². The molecule has 4 heterocycles. The van der Waals surface area contributed by atoms with Crippen molar-refractivity contribution in [3.63, 3.8) is 0 Å². The number of thioether (sulfide) groups is 1. The first-order valence-electron chi connectivity index (χ1n) is 17.1. The Kier molecular flexibility index (Phi) is 10.2. The minimum atomic E-state index is -0.526. The molecule has 0 aliphatic carbocycles. The van der Waals surface area contributed by atoms with Gasteiger partial charge in [-0.1, -0.05) is 60.3 Å². The maximum absolute atomic E-state index is 13.9. The van der Waals surface area contributed by atoms with E-state index in [1.54, 1.807) is 16.0 Å². The molecule has 3 amide bonds. The highest BCUT2D eigenvalue weighted by molar-refractivity contribution is 8.15. The molecule has 1 N–H and O–H groups in total. The summed E-state index contributed by atoms with van der Waals surface area (Å²) in [5.74, 6) is -0.647. The zero-order valence-electron chi connectivity index (χ0n) is 28.0. The number of pyridine rings is 1. The zero-order chi connectivity index (χ0) is 34.5. The predicted octanol–water partition coefficient (Wildman–Crippen LogP) is 6.16. The fourth-order valence-corrected chi connectivity index (χ4v) is 7.80. The molecule has 4 aromatic rings. The monoisotopic (exact) mass is 688 g/mol. The Morgan fingerprint density at radius 1 is 0.940 bits per heavy atom. The topological polar surface area (TPSA) is 107 Å². The highest BCUT2D eigenvalue weighted by Gasteiger charge is 2.40. The molecule has 0 radical (unpaired) electrons. The van der Waals surface area contributed by atoms with Crippen molar-refractivity contribution in [3.05, 3.63) is 120 Å². The molecule has 0 saturated carbocycles. The van der Waals surface area contributed by atoms with Crippen molar-refractivity contribution in [2.45, 2.75) is 43.5 Å². The van der Waals surface area contributed by atoms with Crippen LogP contribution in [0.15, 0.2) is 108 Å². The van der Waals surface area contributed by atoms with Gasteiger partial charge in [0.05, 0.1) is 37.1 Å². The number of ether oxygens (including phenoxy) is 1. The van der Waals surface area contributed by atoms with Crippen molar-refractivity contribution in [3.8, 4) is 0 Å². The lowest BCUT2D eigenvalue weighted by molar-refractivity contribution is -0.137. The molecule has 3 atom stereocenters. The summed E-state index contributed by atoms with van der Waals surface area (Å²) in [6.45, 7) is 5.90. The maximum atomic E-state index is 13.9. The number of amidine groups is 1. The second-order valence-corrected chi connectivity index (χ2v) is 13.8. The number of likely N-dealkylation sites (tertiary alicyclic amines) is 1. The third-order valence-electron chi connectivity index (χ3n) is 9.43. The Balaban J connectivity index is 1.05. The van der Waals surface area contributed by atoms with Gasteiger partial charge in [0.2, 0.25) is 17.7 Å². The summed E-state index contributed by atoms with van der Waals surface area (Å²) < 4.78 is 5.49. The number of carbonyl (C=O) groups excluding carboxylic acids is 3. The van der Waals surface area contributed by atoms with E-state index in [-0.39, 0.29) is 23.6 Å². The van der Waals surface area contributed by atoms with Crippen LogP contribution in [0.3, 0.4) is 0 Å². The molecule has 1 unspecified atom stereocenters. The Morgan fingerprint density at radius 3 is 2.40 bits per heavy atom. The fourth-order valence-electron chi connectivity index (χ4n) is 6.62. The van der Waals surface area contributed by atoms with Gasteiger partial charge in [-0.25, -0.2) is 4.99 Å². The first-order chi connectivity index (χ1) is 24.4. The summed E-state index contributed by atoms with van der Waals surface area (Å²) in [5.41, 5.74) is 5.02. The second kappa shape index (κ2) is 15.3. The number of benzene rings is 3. The van der Waals surface area contributed by atoms with Gasteiger partial charge < -0.3 is 19.9 Å². The van der Waals surface area contributed by atoms with E-state index in [0.29, 0.717) is 43.6 Å². The number of nitrogens with one attached hydrogen (secondary N) is 1. The molecule has 3 fully saturated rings. The largest absolute Gasteiger partial charge is 0.378 e. The van der Waals surface area contributed by atoms with Gasteiger partial charge in [-0.05, 0) is 79.4 Å². The van der Waals surface area contributed by atoms with Crippen molar-refractivity contribution in [2.24, 2.45) is 4.99 Å². The molecule has 11 heteroatoms.